The van der Waals surface area contributed by atoms with E-state index >= 15 is 0 Å². The lowest BCUT2D eigenvalue weighted by Crippen LogP contribution is -2.28. The van der Waals surface area contributed by atoms with E-state index in [1.54, 1.807) is 0 Å². The van der Waals surface area contributed by atoms with Crippen molar-refractivity contribution in [3.05, 3.63) is 102 Å². The summed E-state index contributed by atoms with van der Waals surface area (Å²) in [6.45, 7) is 2.99. The van der Waals surface area contributed by atoms with Gasteiger partial charge in [-0.25, -0.2) is 0 Å². The van der Waals surface area contributed by atoms with Crippen LogP contribution >= 0.6 is 0 Å². The van der Waals surface area contributed by atoms with Crippen LogP contribution in [-0.4, -0.2) is 38.6 Å². The molecule has 1 aliphatic rings. The molecule has 2 aromatic carbocycles. The highest BCUT2D eigenvalue weighted by molar-refractivity contribution is 5.94. The van der Waals surface area contributed by atoms with Gasteiger partial charge in [-0.3, -0.25) is 4.79 Å². The number of amides is 1. The largest absolute Gasteiger partial charge is 0.339 e. The second-order valence-electron chi connectivity index (χ2n) is 7.65. The second-order valence-corrected chi connectivity index (χ2v) is 7.65. The summed E-state index contributed by atoms with van der Waals surface area (Å²) >= 11 is 0. The third-order valence-corrected chi connectivity index (χ3v) is 5.71. The molecule has 2 aromatic heterocycles. The maximum Gasteiger partial charge on any atom is 0.253 e. The fraction of sp³-hybridized carbons (Fsp3) is 0.208. The van der Waals surface area contributed by atoms with E-state index in [2.05, 4.69) is 22.3 Å². The topological polar surface area (TPSA) is 64.2 Å². The Kier molecular flexibility index (Phi) is 4.67. The van der Waals surface area contributed by atoms with Crippen molar-refractivity contribution in [2.24, 2.45) is 0 Å². The first-order valence-electron chi connectivity index (χ1n) is 10.1. The molecule has 0 saturated carbocycles. The minimum Gasteiger partial charge on any atom is -0.339 e. The molecule has 1 aliphatic heterocycles. The van der Waals surface area contributed by atoms with Gasteiger partial charge in [0.2, 0.25) is 5.89 Å². The van der Waals surface area contributed by atoms with Crippen molar-refractivity contribution < 1.29 is 9.32 Å². The number of hydrogen-bond acceptors (Lipinski definition) is 4. The van der Waals surface area contributed by atoms with Crippen molar-refractivity contribution in [3.63, 3.8) is 0 Å². The molecule has 2 atom stereocenters. The van der Waals surface area contributed by atoms with Gasteiger partial charge in [0.05, 0.1) is 5.92 Å². The number of carbonyl (C=O) groups excluding carboxylic acids is 1. The number of aromatic nitrogens is 3. The van der Waals surface area contributed by atoms with Crippen LogP contribution in [0.3, 0.4) is 0 Å². The van der Waals surface area contributed by atoms with E-state index in [9.17, 15) is 4.79 Å². The van der Waals surface area contributed by atoms with Crippen LogP contribution in [0.25, 0.3) is 5.69 Å². The predicted octanol–water partition coefficient (Wildman–Crippen LogP) is 4.19. The second kappa shape index (κ2) is 7.63. The minimum atomic E-state index is -0.0169. The Morgan fingerprint density at radius 2 is 1.63 bits per heavy atom. The van der Waals surface area contributed by atoms with Gasteiger partial charge in [0.1, 0.15) is 0 Å². The Bertz CT molecular complexity index is 1130. The number of likely N-dealkylation sites (tertiary alicyclic amines) is 1. The van der Waals surface area contributed by atoms with Crippen LogP contribution in [0.2, 0.25) is 0 Å². The summed E-state index contributed by atoms with van der Waals surface area (Å²) in [5.41, 5.74) is 2.89. The molecule has 150 valence electrons. The van der Waals surface area contributed by atoms with E-state index in [-0.39, 0.29) is 17.7 Å². The third kappa shape index (κ3) is 3.41. The summed E-state index contributed by atoms with van der Waals surface area (Å²) < 4.78 is 7.51. The molecule has 30 heavy (non-hydrogen) atoms. The molecule has 0 radical (unpaired) electrons. The first-order valence-corrected chi connectivity index (χ1v) is 10.1. The minimum absolute atomic E-state index is 0.0169. The average Bonchev–Trinajstić information content (AvgIpc) is 3.54. The van der Waals surface area contributed by atoms with Gasteiger partial charge in [0, 0.05) is 42.7 Å². The van der Waals surface area contributed by atoms with Crippen LogP contribution < -0.4 is 0 Å². The lowest BCUT2D eigenvalue weighted by molar-refractivity contribution is 0.0788. The fourth-order valence-corrected chi connectivity index (χ4v) is 4.19. The highest BCUT2D eigenvalue weighted by Crippen LogP contribution is 2.39. The number of benzene rings is 2. The average molecular weight is 398 g/mol. The summed E-state index contributed by atoms with van der Waals surface area (Å²) in [6, 6.07) is 21.9. The Hall–Kier alpha value is -3.67. The van der Waals surface area contributed by atoms with Crippen LogP contribution in [0.4, 0.5) is 0 Å². The maximum atomic E-state index is 13.3. The van der Waals surface area contributed by atoms with Crippen LogP contribution in [0.15, 0.2) is 83.6 Å². The van der Waals surface area contributed by atoms with Gasteiger partial charge < -0.3 is 14.0 Å². The summed E-state index contributed by atoms with van der Waals surface area (Å²) in [5.74, 6) is 1.33. The Balaban J connectivity index is 1.41. The van der Waals surface area contributed by atoms with E-state index in [4.69, 9.17) is 4.52 Å². The van der Waals surface area contributed by atoms with Crippen molar-refractivity contribution in [3.8, 4) is 5.69 Å². The number of hydrogen-bond donors (Lipinski definition) is 0. The van der Waals surface area contributed by atoms with Crippen molar-refractivity contribution in [1.29, 1.82) is 0 Å². The molecular formula is C24H22N4O2. The zero-order valence-corrected chi connectivity index (χ0v) is 16.7. The van der Waals surface area contributed by atoms with Crippen LogP contribution in [0.5, 0.6) is 0 Å². The first kappa shape index (κ1) is 18.4. The molecule has 5 rings (SSSR count). The monoisotopic (exact) mass is 398 g/mol. The van der Waals surface area contributed by atoms with Gasteiger partial charge in [0.15, 0.2) is 5.82 Å². The molecule has 0 aliphatic carbocycles. The van der Waals surface area contributed by atoms with Gasteiger partial charge in [-0.05, 0) is 48.9 Å². The number of aryl methyl sites for hydroxylation is 1. The highest BCUT2D eigenvalue weighted by atomic mass is 16.5. The summed E-state index contributed by atoms with van der Waals surface area (Å²) in [7, 11) is 0. The molecular weight excluding hydrogens is 376 g/mol. The maximum absolute atomic E-state index is 13.3. The van der Waals surface area contributed by atoms with Gasteiger partial charge in [-0.15, -0.1) is 0 Å². The van der Waals surface area contributed by atoms with Crippen LogP contribution in [0.1, 0.15) is 39.5 Å². The number of carbonyl (C=O) groups is 1. The lowest BCUT2D eigenvalue weighted by atomic mass is 9.89. The molecule has 4 aromatic rings. The van der Waals surface area contributed by atoms with Crippen molar-refractivity contribution in [2.75, 3.05) is 13.1 Å². The molecule has 1 fully saturated rings. The normalized spacial score (nSPS) is 18.6. The molecule has 0 N–H and O–H groups in total. The Morgan fingerprint density at radius 3 is 2.30 bits per heavy atom. The van der Waals surface area contributed by atoms with Gasteiger partial charge in [-0.2, -0.15) is 4.98 Å². The fourth-order valence-electron chi connectivity index (χ4n) is 4.19. The zero-order chi connectivity index (χ0) is 20.5. The number of rotatable bonds is 4. The van der Waals surface area contributed by atoms with Gasteiger partial charge >= 0.3 is 0 Å². The van der Waals surface area contributed by atoms with E-state index in [1.165, 1.54) is 5.56 Å². The van der Waals surface area contributed by atoms with Gasteiger partial charge in [-0.1, -0.05) is 35.5 Å². The van der Waals surface area contributed by atoms with E-state index in [0.717, 1.165) is 5.69 Å². The first-order chi connectivity index (χ1) is 14.7. The molecule has 1 amide bonds. The summed E-state index contributed by atoms with van der Waals surface area (Å²) in [5, 5.41) is 3.96. The summed E-state index contributed by atoms with van der Waals surface area (Å²) in [6.07, 6.45) is 3.97. The number of nitrogens with zero attached hydrogens (tertiary/aromatic N) is 4. The van der Waals surface area contributed by atoms with E-state index < -0.39 is 0 Å². The molecule has 6 heteroatoms. The van der Waals surface area contributed by atoms with Gasteiger partial charge in [0.25, 0.3) is 5.91 Å². The smallest absolute Gasteiger partial charge is 0.253 e. The summed E-state index contributed by atoms with van der Waals surface area (Å²) in [4.78, 5) is 19.6. The molecule has 3 heterocycles. The Morgan fingerprint density at radius 1 is 0.933 bits per heavy atom. The van der Waals surface area contributed by atoms with Crippen molar-refractivity contribution in [1.82, 2.24) is 19.6 Å². The Labute approximate surface area is 174 Å². The van der Waals surface area contributed by atoms with E-state index in [0.29, 0.717) is 30.4 Å². The SMILES string of the molecule is Cc1noc([C@@H]2CN(C(=O)c3ccc(-n4cccc4)cc3)C[C@H]2c2ccccc2)n1. The third-order valence-electron chi connectivity index (χ3n) is 5.71. The molecule has 6 nitrogen and oxygen atoms in total. The predicted molar refractivity (Wildman–Crippen MR) is 113 cm³/mol. The van der Waals surface area contributed by atoms with E-state index in [1.807, 2.05) is 83.4 Å². The molecule has 0 spiro atoms. The molecule has 0 bridgehead atoms. The quantitative estimate of drug-likeness (QED) is 0.517. The van der Waals surface area contributed by atoms with Crippen LogP contribution in [-0.2, 0) is 0 Å². The highest BCUT2D eigenvalue weighted by Gasteiger charge is 2.40. The lowest BCUT2D eigenvalue weighted by Gasteiger charge is -2.17. The molecule has 0 unspecified atom stereocenters. The van der Waals surface area contributed by atoms with Crippen molar-refractivity contribution >= 4 is 5.91 Å². The molecule has 1 saturated heterocycles. The van der Waals surface area contributed by atoms with Crippen LogP contribution in [0, 0.1) is 6.92 Å². The zero-order valence-electron chi connectivity index (χ0n) is 16.7. The standard InChI is InChI=1S/C24H22N4O2/c1-17-25-23(30-26-17)22-16-28(15-21(22)18-7-3-2-4-8-18)24(29)19-9-11-20(12-10-19)27-13-5-6-14-27/h2-14,21-22H,15-16H2,1H3/t21-,22+/m0/s1. The van der Waals surface area contributed by atoms with Crippen molar-refractivity contribution in [2.45, 2.75) is 18.8 Å².